The number of H-pyrrole nitrogens is 1. The molecular formula is C21H29N3O2. The lowest BCUT2D eigenvalue weighted by atomic mass is 9.82. The standard InChI is InChI=1S/C21H29N3O2/c1-3-23(4-2)12-16-9-10-21(26-13-16)14-24(15-21)20(25)19-11-17-7-5-6-8-18(17)22-19/h5-8,11,16,22H,3-4,9-10,12-15H2,1-2H3/t16-/m0/s1. The normalized spacial score (nSPS) is 22.1. The zero-order valence-corrected chi connectivity index (χ0v) is 15.8. The number of carbonyl (C=O) groups excluding carboxylic acids is 1. The van der Waals surface area contributed by atoms with E-state index in [2.05, 4.69) is 23.7 Å². The number of ether oxygens (including phenoxy) is 1. The van der Waals surface area contributed by atoms with Gasteiger partial charge in [-0.1, -0.05) is 32.0 Å². The van der Waals surface area contributed by atoms with Crippen LogP contribution in [0.15, 0.2) is 30.3 Å². The molecule has 4 rings (SSSR count). The average molecular weight is 355 g/mol. The molecule has 1 N–H and O–H groups in total. The van der Waals surface area contributed by atoms with E-state index in [0.717, 1.165) is 56.7 Å². The van der Waals surface area contributed by atoms with Crippen molar-refractivity contribution in [3.05, 3.63) is 36.0 Å². The van der Waals surface area contributed by atoms with E-state index in [-0.39, 0.29) is 11.5 Å². The van der Waals surface area contributed by atoms with E-state index < -0.39 is 0 Å². The summed E-state index contributed by atoms with van der Waals surface area (Å²) >= 11 is 0. The summed E-state index contributed by atoms with van der Waals surface area (Å²) in [5, 5.41) is 1.08. The van der Waals surface area contributed by atoms with E-state index in [9.17, 15) is 4.79 Å². The molecule has 5 nitrogen and oxygen atoms in total. The Bertz CT molecular complexity index is 731. The first-order valence-electron chi connectivity index (χ1n) is 9.86. The van der Waals surface area contributed by atoms with E-state index >= 15 is 0 Å². The Labute approximate surface area is 155 Å². The van der Waals surface area contributed by atoms with Gasteiger partial charge in [-0.25, -0.2) is 0 Å². The molecule has 1 atom stereocenters. The molecular weight excluding hydrogens is 326 g/mol. The molecule has 5 heteroatoms. The second-order valence-electron chi connectivity index (χ2n) is 7.82. The van der Waals surface area contributed by atoms with Crippen molar-refractivity contribution in [1.82, 2.24) is 14.8 Å². The highest BCUT2D eigenvalue weighted by Gasteiger charge is 2.48. The molecule has 2 aromatic rings. The lowest BCUT2D eigenvalue weighted by Crippen LogP contribution is -2.66. The van der Waals surface area contributed by atoms with E-state index in [1.165, 1.54) is 6.42 Å². The summed E-state index contributed by atoms with van der Waals surface area (Å²) in [5.74, 6) is 0.708. The number of amides is 1. The van der Waals surface area contributed by atoms with Gasteiger partial charge in [0.15, 0.2) is 0 Å². The fraction of sp³-hybridized carbons (Fsp3) is 0.571. The quantitative estimate of drug-likeness (QED) is 0.896. The fourth-order valence-corrected chi connectivity index (χ4v) is 4.31. The number of carbonyl (C=O) groups is 1. The van der Waals surface area contributed by atoms with Crippen molar-refractivity contribution in [2.75, 3.05) is 39.3 Å². The highest BCUT2D eigenvalue weighted by atomic mass is 16.5. The number of nitrogens with one attached hydrogen (secondary N) is 1. The number of nitrogens with zero attached hydrogens (tertiary/aromatic N) is 2. The van der Waals surface area contributed by atoms with Crippen LogP contribution in [0.25, 0.3) is 10.9 Å². The molecule has 2 fully saturated rings. The van der Waals surface area contributed by atoms with E-state index in [1.807, 2.05) is 35.2 Å². The Morgan fingerprint density at radius 1 is 1.31 bits per heavy atom. The fourth-order valence-electron chi connectivity index (χ4n) is 4.31. The first-order valence-corrected chi connectivity index (χ1v) is 9.86. The van der Waals surface area contributed by atoms with Gasteiger partial charge in [0.05, 0.1) is 19.7 Å². The monoisotopic (exact) mass is 355 g/mol. The predicted octanol–water partition coefficient (Wildman–Crippen LogP) is 3.13. The molecule has 0 radical (unpaired) electrons. The maximum absolute atomic E-state index is 12.7. The SMILES string of the molecule is CCN(CC)C[C@@H]1CCC2(CN(C(=O)c3cc4ccccc4[nH]3)C2)OC1. The van der Waals surface area contributed by atoms with E-state index in [0.29, 0.717) is 11.6 Å². The highest BCUT2D eigenvalue weighted by Crippen LogP contribution is 2.37. The van der Waals surface area contributed by atoms with Crippen molar-refractivity contribution >= 4 is 16.8 Å². The van der Waals surface area contributed by atoms with Crippen LogP contribution >= 0.6 is 0 Å². The summed E-state index contributed by atoms with van der Waals surface area (Å²) in [6, 6.07) is 9.96. The number of hydrogen-bond donors (Lipinski definition) is 1. The lowest BCUT2D eigenvalue weighted by molar-refractivity contribution is -0.168. The number of aromatic nitrogens is 1. The molecule has 3 heterocycles. The number of benzene rings is 1. The Morgan fingerprint density at radius 3 is 2.73 bits per heavy atom. The number of aromatic amines is 1. The third-order valence-corrected chi connectivity index (χ3v) is 6.05. The van der Waals surface area contributed by atoms with Gasteiger partial charge in [0.25, 0.3) is 5.91 Å². The topological polar surface area (TPSA) is 48.6 Å². The first-order chi connectivity index (χ1) is 12.6. The summed E-state index contributed by atoms with van der Waals surface area (Å²) < 4.78 is 6.25. The van der Waals surface area contributed by atoms with Crippen molar-refractivity contribution in [3.8, 4) is 0 Å². The van der Waals surface area contributed by atoms with Crippen LogP contribution in [0.5, 0.6) is 0 Å². The second kappa shape index (κ2) is 7.05. The molecule has 0 unspecified atom stereocenters. The molecule has 1 spiro atoms. The largest absolute Gasteiger partial charge is 0.371 e. The zero-order valence-electron chi connectivity index (χ0n) is 15.8. The summed E-state index contributed by atoms with van der Waals surface area (Å²) in [7, 11) is 0. The van der Waals surface area contributed by atoms with E-state index in [4.69, 9.17) is 4.74 Å². The molecule has 140 valence electrons. The van der Waals surface area contributed by atoms with Gasteiger partial charge in [-0.15, -0.1) is 0 Å². The minimum absolute atomic E-state index is 0.0840. The van der Waals surface area contributed by atoms with Crippen molar-refractivity contribution in [2.45, 2.75) is 32.3 Å². The second-order valence-corrected chi connectivity index (χ2v) is 7.82. The molecule has 26 heavy (non-hydrogen) atoms. The molecule has 0 bridgehead atoms. The summed E-state index contributed by atoms with van der Waals surface area (Å²) in [6.07, 6.45) is 2.26. The van der Waals surface area contributed by atoms with Crippen molar-refractivity contribution in [2.24, 2.45) is 5.92 Å². The number of fused-ring (bicyclic) bond motifs is 1. The average Bonchev–Trinajstić information content (AvgIpc) is 3.08. The van der Waals surface area contributed by atoms with Gasteiger partial charge in [-0.2, -0.15) is 0 Å². The smallest absolute Gasteiger partial charge is 0.270 e. The van der Waals surface area contributed by atoms with Crippen LogP contribution in [-0.2, 0) is 4.74 Å². The number of likely N-dealkylation sites (tertiary alicyclic amines) is 1. The summed E-state index contributed by atoms with van der Waals surface area (Å²) in [6.45, 7) is 10.0. The lowest BCUT2D eigenvalue weighted by Gasteiger charge is -2.52. The summed E-state index contributed by atoms with van der Waals surface area (Å²) in [5.41, 5.74) is 1.59. The Balaban J connectivity index is 1.32. The van der Waals surface area contributed by atoms with Gasteiger partial charge in [0.1, 0.15) is 11.3 Å². The molecule has 1 aromatic heterocycles. The van der Waals surface area contributed by atoms with Gasteiger partial charge >= 0.3 is 0 Å². The van der Waals surface area contributed by atoms with Crippen LogP contribution in [0.1, 0.15) is 37.2 Å². The Morgan fingerprint density at radius 2 is 2.08 bits per heavy atom. The van der Waals surface area contributed by atoms with Crippen LogP contribution in [0, 0.1) is 5.92 Å². The maximum Gasteiger partial charge on any atom is 0.270 e. The van der Waals surface area contributed by atoms with Gasteiger partial charge in [-0.3, -0.25) is 4.79 Å². The van der Waals surface area contributed by atoms with E-state index in [1.54, 1.807) is 0 Å². The Kier molecular flexibility index (Phi) is 4.76. The van der Waals surface area contributed by atoms with Gasteiger partial charge < -0.3 is 19.5 Å². The van der Waals surface area contributed by atoms with Crippen molar-refractivity contribution in [3.63, 3.8) is 0 Å². The number of hydrogen-bond acceptors (Lipinski definition) is 3. The van der Waals surface area contributed by atoms with Gasteiger partial charge in [0, 0.05) is 17.4 Å². The third kappa shape index (κ3) is 3.26. The molecule has 2 saturated heterocycles. The minimum Gasteiger partial charge on any atom is -0.371 e. The highest BCUT2D eigenvalue weighted by molar-refractivity contribution is 5.98. The van der Waals surface area contributed by atoms with Gasteiger partial charge in [-0.05, 0) is 44.0 Å². The van der Waals surface area contributed by atoms with Crippen LogP contribution in [0.2, 0.25) is 0 Å². The van der Waals surface area contributed by atoms with Gasteiger partial charge in [0.2, 0.25) is 0 Å². The first kappa shape index (κ1) is 17.6. The zero-order chi connectivity index (χ0) is 18.1. The molecule has 2 aliphatic rings. The number of rotatable bonds is 5. The van der Waals surface area contributed by atoms with Crippen LogP contribution in [0.4, 0.5) is 0 Å². The molecule has 2 aliphatic heterocycles. The predicted molar refractivity (Wildman–Crippen MR) is 103 cm³/mol. The third-order valence-electron chi connectivity index (χ3n) is 6.05. The number of para-hydroxylation sites is 1. The Hall–Kier alpha value is -1.85. The molecule has 1 aromatic carbocycles. The van der Waals surface area contributed by atoms with Crippen LogP contribution in [0.3, 0.4) is 0 Å². The molecule has 0 aliphatic carbocycles. The summed E-state index contributed by atoms with van der Waals surface area (Å²) in [4.78, 5) is 20.4. The minimum atomic E-state index is -0.0958. The van der Waals surface area contributed by atoms with Crippen LogP contribution in [-0.4, -0.2) is 65.6 Å². The molecule has 0 saturated carbocycles. The van der Waals surface area contributed by atoms with Crippen LogP contribution < -0.4 is 0 Å². The molecule has 1 amide bonds. The maximum atomic E-state index is 12.7. The van der Waals surface area contributed by atoms with Crippen molar-refractivity contribution in [1.29, 1.82) is 0 Å². The van der Waals surface area contributed by atoms with Crippen molar-refractivity contribution < 1.29 is 9.53 Å².